The van der Waals surface area contributed by atoms with Crippen LogP contribution >= 0.6 is 23.1 Å². The summed E-state index contributed by atoms with van der Waals surface area (Å²) in [7, 11) is 0. The minimum atomic E-state index is -0.948. The average Bonchev–Trinajstić information content (AvgIpc) is 3.41. The molecule has 42 heavy (non-hydrogen) atoms. The molecule has 0 aliphatic carbocycles. The lowest BCUT2D eigenvalue weighted by Crippen LogP contribution is -2.33. The quantitative estimate of drug-likeness (QED) is 0.192. The number of nitro benzene ring substituents is 1. The Balaban J connectivity index is 1.39. The monoisotopic (exact) mass is 604 g/mol. The van der Waals surface area contributed by atoms with E-state index in [1.54, 1.807) is 12.1 Å². The van der Waals surface area contributed by atoms with E-state index in [1.165, 1.54) is 53.1 Å². The number of thiazole rings is 1. The highest BCUT2D eigenvalue weighted by molar-refractivity contribution is 8.00. The number of hydrogen-bond acceptors (Lipinski definition) is 8. The van der Waals surface area contributed by atoms with Gasteiger partial charge in [-0.2, -0.15) is 0 Å². The van der Waals surface area contributed by atoms with E-state index in [1.807, 2.05) is 19.1 Å². The topological polar surface area (TPSA) is 132 Å². The number of carbonyl (C=O) groups is 3. The van der Waals surface area contributed by atoms with Gasteiger partial charge < -0.3 is 5.32 Å². The standard InChI is InChI=1S/C29H21FN4O6S2/c1-15-2-8-18(9-3-15)31-21(35)14-32-28-25(42-29(32)38)22(16-4-6-17(30)7-5-16)23-24(41-28)27(37)33(26(23)36)19-10-12-20(13-11-19)34(39)40/h2-13,22-24H,14H2,1H3,(H,31,35)/t22-,23?,24?/m0/s1. The fraction of sp³-hybridized carbons (Fsp3) is 0.172. The first-order valence-corrected chi connectivity index (χ1v) is 14.5. The molecule has 2 unspecified atom stereocenters. The number of thioether (sulfide) groups is 1. The first-order chi connectivity index (χ1) is 20.1. The number of fused-ring (bicyclic) bond motifs is 2. The summed E-state index contributed by atoms with van der Waals surface area (Å²) in [5.41, 5.74) is 2.12. The van der Waals surface area contributed by atoms with Crippen molar-refractivity contribution >= 4 is 57.9 Å². The number of aryl methyl sites for hydroxylation is 1. The smallest absolute Gasteiger partial charge is 0.308 e. The van der Waals surface area contributed by atoms with Gasteiger partial charge in [0, 0.05) is 28.6 Å². The third-order valence-electron chi connectivity index (χ3n) is 7.23. The molecular formula is C29H21FN4O6S2. The van der Waals surface area contributed by atoms with Gasteiger partial charge in [0.15, 0.2) is 0 Å². The maximum absolute atomic E-state index is 13.9. The number of halogens is 1. The molecule has 2 aliphatic rings. The highest BCUT2D eigenvalue weighted by Gasteiger charge is 2.56. The van der Waals surface area contributed by atoms with Crippen molar-refractivity contribution in [1.29, 1.82) is 0 Å². The Hall–Kier alpha value is -4.62. The van der Waals surface area contributed by atoms with Gasteiger partial charge >= 0.3 is 4.87 Å². The average molecular weight is 605 g/mol. The van der Waals surface area contributed by atoms with Gasteiger partial charge in [-0.1, -0.05) is 52.9 Å². The van der Waals surface area contributed by atoms with Crippen molar-refractivity contribution in [2.45, 2.75) is 29.7 Å². The molecule has 2 aliphatic heterocycles. The zero-order chi connectivity index (χ0) is 29.7. The van der Waals surface area contributed by atoms with Crippen LogP contribution in [-0.2, 0) is 20.9 Å². The van der Waals surface area contributed by atoms with E-state index in [4.69, 9.17) is 0 Å². The van der Waals surface area contributed by atoms with Gasteiger partial charge in [0.1, 0.15) is 17.6 Å². The number of nitro groups is 1. The Morgan fingerprint density at radius 1 is 0.976 bits per heavy atom. The molecule has 1 fully saturated rings. The molecule has 3 atom stereocenters. The Morgan fingerprint density at radius 2 is 1.64 bits per heavy atom. The summed E-state index contributed by atoms with van der Waals surface area (Å²) in [6, 6.07) is 17.8. The fourth-order valence-electron chi connectivity index (χ4n) is 5.24. The number of imide groups is 1. The van der Waals surface area contributed by atoms with Crippen LogP contribution in [0, 0.1) is 28.8 Å². The second kappa shape index (κ2) is 10.7. The van der Waals surface area contributed by atoms with Crippen LogP contribution in [-0.4, -0.2) is 32.5 Å². The normalized spacial score (nSPS) is 19.4. The van der Waals surface area contributed by atoms with Gasteiger partial charge in [-0.3, -0.25) is 33.9 Å². The van der Waals surface area contributed by atoms with E-state index in [0.29, 0.717) is 21.2 Å². The third kappa shape index (κ3) is 4.80. The molecule has 3 aromatic carbocycles. The SMILES string of the molecule is Cc1ccc(NC(=O)Cn2c3c(sc2=O)[C@@H](c2ccc(F)cc2)C2C(=O)N(c4ccc([N+](=O)[O-])cc4)C(=O)C2S3)cc1. The van der Waals surface area contributed by atoms with Crippen LogP contribution < -0.4 is 15.1 Å². The molecule has 10 nitrogen and oxygen atoms in total. The second-order valence-electron chi connectivity index (χ2n) is 9.92. The van der Waals surface area contributed by atoms with Crippen molar-refractivity contribution in [3.8, 4) is 0 Å². The van der Waals surface area contributed by atoms with E-state index < -0.39 is 50.4 Å². The zero-order valence-electron chi connectivity index (χ0n) is 21.9. The molecule has 212 valence electrons. The molecule has 4 aromatic rings. The number of nitrogens with zero attached hydrogens (tertiary/aromatic N) is 3. The molecular weight excluding hydrogens is 583 g/mol. The van der Waals surface area contributed by atoms with Crippen LogP contribution in [0.5, 0.6) is 0 Å². The molecule has 6 rings (SSSR count). The third-order valence-corrected chi connectivity index (χ3v) is 9.84. The van der Waals surface area contributed by atoms with E-state index >= 15 is 0 Å². The zero-order valence-corrected chi connectivity index (χ0v) is 23.5. The molecule has 3 amide bonds. The number of benzene rings is 3. The minimum absolute atomic E-state index is 0.182. The van der Waals surface area contributed by atoms with Gasteiger partial charge in [-0.15, -0.1) is 0 Å². The summed E-state index contributed by atoms with van der Waals surface area (Å²) in [4.78, 5) is 65.4. The van der Waals surface area contributed by atoms with Crippen molar-refractivity contribution in [3.05, 3.63) is 114 Å². The first kappa shape index (κ1) is 27.5. The van der Waals surface area contributed by atoms with Gasteiger partial charge in [0.25, 0.3) is 5.69 Å². The number of amides is 3. The van der Waals surface area contributed by atoms with Crippen LogP contribution in [0.1, 0.15) is 21.9 Å². The lowest BCUT2D eigenvalue weighted by Gasteiger charge is -2.30. The van der Waals surface area contributed by atoms with Crippen molar-refractivity contribution < 1.29 is 23.7 Å². The Labute approximate surface area is 245 Å². The highest BCUT2D eigenvalue weighted by Crippen LogP contribution is 2.53. The largest absolute Gasteiger partial charge is 0.325 e. The predicted molar refractivity (Wildman–Crippen MR) is 155 cm³/mol. The van der Waals surface area contributed by atoms with Crippen LogP contribution in [0.15, 0.2) is 82.6 Å². The van der Waals surface area contributed by atoms with Crippen molar-refractivity contribution in [3.63, 3.8) is 0 Å². The maximum atomic E-state index is 13.9. The van der Waals surface area contributed by atoms with Crippen LogP contribution in [0.3, 0.4) is 0 Å². The summed E-state index contributed by atoms with van der Waals surface area (Å²) in [6.45, 7) is 1.61. The number of carbonyl (C=O) groups excluding carboxylic acids is 3. The Bertz CT molecular complexity index is 1800. The number of hydrogen-bond donors (Lipinski definition) is 1. The Kier molecular flexibility index (Phi) is 6.99. The minimum Gasteiger partial charge on any atom is -0.325 e. The summed E-state index contributed by atoms with van der Waals surface area (Å²) in [5.74, 6) is -3.69. The molecule has 1 N–H and O–H groups in total. The molecule has 0 radical (unpaired) electrons. The van der Waals surface area contributed by atoms with Gasteiger partial charge in [0.2, 0.25) is 17.7 Å². The molecule has 1 aromatic heterocycles. The summed E-state index contributed by atoms with van der Waals surface area (Å²) >= 11 is 1.93. The fourth-order valence-corrected chi connectivity index (χ4v) is 8.02. The molecule has 0 spiro atoms. The molecule has 1 saturated heterocycles. The van der Waals surface area contributed by atoms with Crippen LogP contribution in [0.25, 0.3) is 0 Å². The highest BCUT2D eigenvalue weighted by atomic mass is 32.2. The number of aromatic nitrogens is 1. The molecule has 0 bridgehead atoms. The van der Waals surface area contributed by atoms with E-state index in [9.17, 15) is 33.7 Å². The molecule has 0 saturated carbocycles. The van der Waals surface area contributed by atoms with Gasteiger partial charge in [-0.05, 0) is 48.9 Å². The molecule has 13 heteroatoms. The van der Waals surface area contributed by atoms with E-state index in [2.05, 4.69) is 5.32 Å². The maximum Gasteiger partial charge on any atom is 0.308 e. The van der Waals surface area contributed by atoms with Gasteiger partial charge in [0.05, 0.1) is 21.6 Å². The number of rotatable bonds is 6. The predicted octanol–water partition coefficient (Wildman–Crippen LogP) is 4.70. The van der Waals surface area contributed by atoms with Crippen molar-refractivity contribution in [1.82, 2.24) is 4.57 Å². The number of anilines is 2. The van der Waals surface area contributed by atoms with Crippen LogP contribution in [0.4, 0.5) is 21.5 Å². The van der Waals surface area contributed by atoms with Crippen molar-refractivity contribution in [2.75, 3.05) is 10.2 Å². The summed E-state index contributed by atoms with van der Waals surface area (Å²) in [6.07, 6.45) is 0. The molecule has 3 heterocycles. The number of nitrogens with one attached hydrogen (secondary N) is 1. The second-order valence-corrected chi connectivity index (χ2v) is 12.0. The van der Waals surface area contributed by atoms with E-state index in [0.717, 1.165) is 33.6 Å². The Morgan fingerprint density at radius 3 is 2.29 bits per heavy atom. The lowest BCUT2D eigenvalue weighted by atomic mass is 9.83. The van der Waals surface area contributed by atoms with Gasteiger partial charge in [-0.25, -0.2) is 9.29 Å². The van der Waals surface area contributed by atoms with E-state index in [-0.39, 0.29) is 17.9 Å². The summed E-state index contributed by atoms with van der Waals surface area (Å²) in [5, 5.41) is 13.3. The first-order valence-electron chi connectivity index (χ1n) is 12.8. The summed E-state index contributed by atoms with van der Waals surface area (Å²) < 4.78 is 15.2. The lowest BCUT2D eigenvalue weighted by molar-refractivity contribution is -0.384. The van der Waals surface area contributed by atoms with Crippen LogP contribution in [0.2, 0.25) is 0 Å². The number of non-ortho nitro benzene ring substituents is 1. The van der Waals surface area contributed by atoms with Crippen molar-refractivity contribution in [2.24, 2.45) is 5.92 Å².